The number of rotatable bonds is 7. The summed E-state index contributed by atoms with van der Waals surface area (Å²) in [6, 6.07) is 15.1. The van der Waals surface area contributed by atoms with E-state index in [-0.39, 0.29) is 5.91 Å². The Labute approximate surface area is 172 Å². The second-order valence-electron chi connectivity index (χ2n) is 7.21. The third-order valence-corrected chi connectivity index (χ3v) is 5.05. The van der Waals surface area contributed by atoms with E-state index >= 15 is 0 Å². The van der Waals surface area contributed by atoms with Gasteiger partial charge in [0.05, 0.1) is 6.61 Å². The van der Waals surface area contributed by atoms with Gasteiger partial charge in [-0.05, 0) is 62.2 Å². The second-order valence-corrected chi connectivity index (χ2v) is 7.21. The lowest BCUT2D eigenvalue weighted by atomic mass is 10.0. The van der Waals surface area contributed by atoms with Crippen LogP contribution in [0.1, 0.15) is 47.7 Å². The quantitative estimate of drug-likeness (QED) is 0.738. The number of carbonyl (C=O) groups is 2. The van der Waals surface area contributed by atoms with Crippen LogP contribution in [-0.2, 0) is 17.8 Å². The molecule has 0 aromatic heterocycles. The zero-order valence-corrected chi connectivity index (χ0v) is 16.9. The van der Waals surface area contributed by atoms with Gasteiger partial charge in [0.1, 0.15) is 0 Å². The maximum atomic E-state index is 12.6. The van der Waals surface area contributed by atoms with Crippen LogP contribution in [0.2, 0.25) is 0 Å². The normalized spacial score (nSPS) is 14.2. The molecule has 0 aliphatic carbocycles. The van der Waals surface area contributed by atoms with Crippen LogP contribution in [-0.4, -0.2) is 36.6 Å². The van der Waals surface area contributed by atoms with Gasteiger partial charge in [-0.2, -0.15) is 0 Å². The lowest BCUT2D eigenvalue weighted by Gasteiger charge is -2.27. The minimum Gasteiger partial charge on any atom is -0.450 e. The van der Waals surface area contributed by atoms with E-state index in [1.54, 1.807) is 31.2 Å². The van der Waals surface area contributed by atoms with Crippen molar-refractivity contribution in [3.63, 3.8) is 0 Å². The van der Waals surface area contributed by atoms with E-state index in [9.17, 15) is 9.59 Å². The molecule has 0 saturated carbocycles. The molecule has 1 aliphatic heterocycles. The largest absolute Gasteiger partial charge is 0.450 e. The Bertz CT molecular complexity index is 832. The van der Waals surface area contributed by atoms with Crippen LogP contribution in [0.4, 0.5) is 10.5 Å². The fraction of sp³-hybridized carbons (Fsp3) is 0.391. The fourth-order valence-corrected chi connectivity index (χ4v) is 3.54. The zero-order valence-electron chi connectivity index (χ0n) is 16.9. The predicted molar refractivity (Wildman–Crippen MR) is 114 cm³/mol. The summed E-state index contributed by atoms with van der Waals surface area (Å²) >= 11 is 0. The third-order valence-electron chi connectivity index (χ3n) is 5.05. The van der Waals surface area contributed by atoms with Crippen LogP contribution in [0, 0.1) is 0 Å². The summed E-state index contributed by atoms with van der Waals surface area (Å²) in [6.07, 6.45) is 3.30. The van der Waals surface area contributed by atoms with Crippen molar-refractivity contribution in [2.75, 3.05) is 25.0 Å². The monoisotopic (exact) mass is 395 g/mol. The van der Waals surface area contributed by atoms with Crippen molar-refractivity contribution in [2.24, 2.45) is 0 Å². The first-order valence-corrected chi connectivity index (χ1v) is 10.3. The summed E-state index contributed by atoms with van der Waals surface area (Å²) in [7, 11) is 0. The number of nitrogens with one attached hydrogen (secondary N) is 2. The van der Waals surface area contributed by atoms with E-state index in [1.807, 2.05) is 6.07 Å². The summed E-state index contributed by atoms with van der Waals surface area (Å²) < 4.78 is 4.87. The van der Waals surface area contributed by atoms with E-state index < -0.39 is 6.09 Å². The van der Waals surface area contributed by atoms with Crippen molar-refractivity contribution < 1.29 is 14.3 Å². The van der Waals surface area contributed by atoms with Gasteiger partial charge in [0.25, 0.3) is 5.91 Å². The Hall–Kier alpha value is -2.86. The summed E-state index contributed by atoms with van der Waals surface area (Å²) in [6.45, 7) is 5.71. The topological polar surface area (TPSA) is 70.7 Å². The molecule has 1 saturated heterocycles. The van der Waals surface area contributed by atoms with Gasteiger partial charge in [-0.1, -0.05) is 36.8 Å². The number of hydrogen-bond donors (Lipinski definition) is 2. The van der Waals surface area contributed by atoms with Crippen LogP contribution in [0.3, 0.4) is 0 Å². The minimum atomic E-state index is -0.531. The Morgan fingerprint density at radius 2 is 1.76 bits per heavy atom. The molecule has 154 valence electrons. The van der Waals surface area contributed by atoms with Crippen LogP contribution in [0.25, 0.3) is 0 Å². The Morgan fingerprint density at radius 1 is 1.00 bits per heavy atom. The van der Waals surface area contributed by atoms with Crippen molar-refractivity contribution in [1.82, 2.24) is 10.2 Å². The first kappa shape index (κ1) is 20.9. The van der Waals surface area contributed by atoms with Gasteiger partial charge < -0.3 is 10.1 Å². The summed E-state index contributed by atoms with van der Waals surface area (Å²) in [5, 5.41) is 5.62. The molecule has 2 N–H and O–H groups in total. The maximum absolute atomic E-state index is 12.6. The van der Waals surface area contributed by atoms with Crippen molar-refractivity contribution in [2.45, 2.75) is 39.3 Å². The number of hydrogen-bond acceptors (Lipinski definition) is 4. The van der Waals surface area contributed by atoms with Crippen LogP contribution in [0.5, 0.6) is 0 Å². The molecular formula is C23H29N3O3. The summed E-state index contributed by atoms with van der Waals surface area (Å²) in [5.74, 6) is -0.176. The molecule has 6 heteroatoms. The van der Waals surface area contributed by atoms with Crippen molar-refractivity contribution in [1.29, 1.82) is 0 Å². The number of carbonyl (C=O) groups excluding carboxylic acids is 2. The molecule has 0 bridgehead atoms. The van der Waals surface area contributed by atoms with E-state index in [4.69, 9.17) is 4.74 Å². The van der Waals surface area contributed by atoms with Gasteiger partial charge in [0, 0.05) is 24.3 Å². The molecule has 0 radical (unpaired) electrons. The SMILES string of the molecule is CCOC(=O)Nc1cccc(C(=O)NCc2ccccc2CN2CCCCC2)c1. The molecule has 29 heavy (non-hydrogen) atoms. The molecule has 3 rings (SSSR count). The van der Waals surface area contributed by atoms with Crippen molar-refractivity contribution in [3.8, 4) is 0 Å². The van der Waals surface area contributed by atoms with E-state index in [2.05, 4.69) is 33.7 Å². The maximum Gasteiger partial charge on any atom is 0.411 e. The Morgan fingerprint density at radius 3 is 2.52 bits per heavy atom. The van der Waals surface area contributed by atoms with Crippen molar-refractivity contribution in [3.05, 3.63) is 65.2 Å². The molecule has 2 aromatic rings. The van der Waals surface area contributed by atoms with E-state index in [0.717, 1.165) is 25.2 Å². The smallest absolute Gasteiger partial charge is 0.411 e. The number of benzene rings is 2. The number of nitrogens with zero attached hydrogens (tertiary/aromatic N) is 1. The Kier molecular flexibility index (Phi) is 7.64. The fourth-order valence-electron chi connectivity index (χ4n) is 3.54. The lowest BCUT2D eigenvalue weighted by Crippen LogP contribution is -2.30. The first-order valence-electron chi connectivity index (χ1n) is 10.3. The molecule has 6 nitrogen and oxygen atoms in total. The molecular weight excluding hydrogens is 366 g/mol. The van der Waals surface area contributed by atoms with Gasteiger partial charge in [-0.25, -0.2) is 4.79 Å². The molecule has 0 atom stereocenters. The van der Waals surface area contributed by atoms with Gasteiger partial charge in [0.15, 0.2) is 0 Å². The van der Waals surface area contributed by atoms with Crippen molar-refractivity contribution >= 4 is 17.7 Å². The molecule has 0 spiro atoms. The molecule has 2 amide bonds. The molecule has 1 fully saturated rings. The molecule has 1 aliphatic rings. The number of anilines is 1. The highest BCUT2D eigenvalue weighted by atomic mass is 16.5. The average molecular weight is 396 g/mol. The third kappa shape index (κ3) is 6.32. The molecule has 1 heterocycles. The number of ether oxygens (including phenoxy) is 1. The van der Waals surface area contributed by atoms with E-state index in [0.29, 0.717) is 24.4 Å². The van der Waals surface area contributed by atoms with E-state index in [1.165, 1.54) is 24.8 Å². The van der Waals surface area contributed by atoms with Gasteiger partial charge >= 0.3 is 6.09 Å². The lowest BCUT2D eigenvalue weighted by molar-refractivity contribution is 0.0950. The first-order chi connectivity index (χ1) is 14.2. The van der Waals surface area contributed by atoms with Gasteiger partial charge in [0.2, 0.25) is 0 Å². The van der Waals surface area contributed by atoms with Gasteiger partial charge in [-0.15, -0.1) is 0 Å². The molecule has 0 unspecified atom stereocenters. The minimum absolute atomic E-state index is 0.176. The highest BCUT2D eigenvalue weighted by molar-refractivity contribution is 5.96. The predicted octanol–water partition coefficient (Wildman–Crippen LogP) is 4.17. The zero-order chi connectivity index (χ0) is 20.5. The standard InChI is InChI=1S/C23H29N3O3/c1-2-29-23(28)25-21-12-8-11-18(15-21)22(27)24-16-19-9-4-5-10-20(19)17-26-13-6-3-7-14-26/h4-5,8-12,15H,2-3,6-7,13-14,16-17H2,1H3,(H,24,27)(H,25,28). The number of piperidine rings is 1. The van der Waals surface area contributed by atoms with Crippen LogP contribution in [0.15, 0.2) is 48.5 Å². The number of amides is 2. The highest BCUT2D eigenvalue weighted by Crippen LogP contribution is 2.17. The number of likely N-dealkylation sites (tertiary alicyclic amines) is 1. The van der Waals surface area contributed by atoms with Gasteiger partial charge in [-0.3, -0.25) is 15.0 Å². The molecule has 2 aromatic carbocycles. The van der Waals surface area contributed by atoms with Crippen LogP contribution >= 0.6 is 0 Å². The second kappa shape index (κ2) is 10.6. The van der Waals surface area contributed by atoms with Crippen LogP contribution < -0.4 is 10.6 Å². The average Bonchev–Trinajstić information content (AvgIpc) is 2.74. The Balaban J connectivity index is 1.60. The summed E-state index contributed by atoms with van der Waals surface area (Å²) in [4.78, 5) is 26.7. The summed E-state index contributed by atoms with van der Waals surface area (Å²) in [5.41, 5.74) is 3.41. The highest BCUT2D eigenvalue weighted by Gasteiger charge is 2.13.